The van der Waals surface area contributed by atoms with Crippen LogP contribution in [0.3, 0.4) is 0 Å². The van der Waals surface area contributed by atoms with Gasteiger partial charge in [-0.25, -0.2) is 0 Å². The number of nitrogens with one attached hydrogen (secondary N) is 1. The molecule has 0 saturated heterocycles. The zero-order chi connectivity index (χ0) is 14.8. The summed E-state index contributed by atoms with van der Waals surface area (Å²) >= 11 is 0. The number of benzene rings is 2. The Hall–Kier alpha value is -1.76. The van der Waals surface area contributed by atoms with Crippen molar-refractivity contribution < 1.29 is 0 Å². The summed E-state index contributed by atoms with van der Waals surface area (Å²) < 4.78 is 0. The second-order valence-corrected chi connectivity index (χ2v) is 6.53. The first-order valence-corrected chi connectivity index (χ1v) is 8.11. The molecule has 21 heavy (non-hydrogen) atoms. The van der Waals surface area contributed by atoms with Crippen molar-refractivity contribution in [1.29, 1.82) is 0 Å². The van der Waals surface area contributed by atoms with E-state index in [4.69, 9.17) is 0 Å². The Kier molecular flexibility index (Phi) is 4.01. The van der Waals surface area contributed by atoms with Gasteiger partial charge >= 0.3 is 0 Å². The molecule has 0 saturated carbocycles. The fourth-order valence-electron chi connectivity index (χ4n) is 3.18. The minimum atomic E-state index is 0.346. The van der Waals surface area contributed by atoms with E-state index in [0.717, 1.165) is 0 Å². The van der Waals surface area contributed by atoms with Crippen LogP contribution in [0.15, 0.2) is 42.5 Å². The fourth-order valence-corrected chi connectivity index (χ4v) is 3.18. The Bertz CT molecular complexity index is 627. The van der Waals surface area contributed by atoms with Crippen LogP contribution in [-0.2, 0) is 12.8 Å². The molecule has 0 aromatic heterocycles. The first-order chi connectivity index (χ1) is 10.1. The van der Waals surface area contributed by atoms with Gasteiger partial charge in [-0.2, -0.15) is 0 Å². The van der Waals surface area contributed by atoms with Crippen LogP contribution in [0.2, 0.25) is 0 Å². The van der Waals surface area contributed by atoms with Gasteiger partial charge in [0.1, 0.15) is 0 Å². The lowest BCUT2D eigenvalue weighted by Crippen LogP contribution is -2.07. The molecular weight excluding hydrogens is 254 g/mol. The lowest BCUT2D eigenvalue weighted by molar-refractivity contribution is 0.857. The SMILES string of the molecule is CC(C)c1cccc(NC(C)c2ccc3c(c2)CCC3)c1. The maximum atomic E-state index is 3.64. The van der Waals surface area contributed by atoms with E-state index in [-0.39, 0.29) is 0 Å². The molecule has 0 heterocycles. The summed E-state index contributed by atoms with van der Waals surface area (Å²) in [5.41, 5.74) is 7.10. The summed E-state index contributed by atoms with van der Waals surface area (Å²) in [5, 5.41) is 3.64. The van der Waals surface area contributed by atoms with Crippen LogP contribution >= 0.6 is 0 Å². The predicted octanol–water partition coefficient (Wildman–Crippen LogP) is 5.47. The molecule has 1 heteroatoms. The monoisotopic (exact) mass is 279 g/mol. The van der Waals surface area contributed by atoms with E-state index in [1.165, 1.54) is 36.1 Å². The first kappa shape index (κ1) is 14.2. The number of rotatable bonds is 4. The predicted molar refractivity (Wildman–Crippen MR) is 91.0 cm³/mol. The lowest BCUT2D eigenvalue weighted by atomic mass is 10.0. The summed E-state index contributed by atoms with van der Waals surface area (Å²) in [6.07, 6.45) is 3.82. The van der Waals surface area contributed by atoms with Gasteiger partial charge in [0.15, 0.2) is 0 Å². The highest BCUT2D eigenvalue weighted by Gasteiger charge is 2.13. The molecule has 0 bridgehead atoms. The summed E-state index contributed by atoms with van der Waals surface area (Å²) in [4.78, 5) is 0. The lowest BCUT2D eigenvalue weighted by Gasteiger charge is -2.18. The molecule has 0 spiro atoms. The maximum Gasteiger partial charge on any atom is 0.0485 e. The van der Waals surface area contributed by atoms with Crippen LogP contribution in [-0.4, -0.2) is 0 Å². The molecule has 0 radical (unpaired) electrons. The van der Waals surface area contributed by atoms with Crippen molar-refractivity contribution in [2.75, 3.05) is 5.32 Å². The summed E-state index contributed by atoms with van der Waals surface area (Å²) in [6.45, 7) is 6.73. The first-order valence-electron chi connectivity index (χ1n) is 8.11. The molecule has 1 nitrogen and oxygen atoms in total. The fraction of sp³-hybridized carbons (Fsp3) is 0.400. The second kappa shape index (κ2) is 5.93. The van der Waals surface area contributed by atoms with Crippen molar-refractivity contribution in [3.05, 3.63) is 64.7 Å². The molecule has 1 unspecified atom stereocenters. The van der Waals surface area contributed by atoms with Crippen molar-refractivity contribution in [2.45, 2.75) is 52.0 Å². The average molecular weight is 279 g/mol. The van der Waals surface area contributed by atoms with E-state index in [9.17, 15) is 0 Å². The zero-order valence-electron chi connectivity index (χ0n) is 13.3. The third-order valence-corrected chi connectivity index (χ3v) is 4.56. The standard InChI is InChI=1S/C20H25N/c1-14(2)17-7-5-9-20(13-17)21-15(3)18-11-10-16-6-4-8-19(16)12-18/h5,7,9-15,21H,4,6,8H2,1-3H3. The van der Waals surface area contributed by atoms with Gasteiger partial charge in [-0.3, -0.25) is 0 Å². The molecular formula is C20H25N. The van der Waals surface area contributed by atoms with Crippen LogP contribution in [0, 0.1) is 0 Å². The molecule has 2 aromatic rings. The van der Waals surface area contributed by atoms with E-state index in [0.29, 0.717) is 12.0 Å². The number of hydrogen-bond acceptors (Lipinski definition) is 1. The van der Waals surface area contributed by atoms with Crippen LogP contribution in [0.1, 0.15) is 61.4 Å². The number of aryl methyl sites for hydroxylation is 2. The Labute approximate surface area is 128 Å². The average Bonchev–Trinajstić information content (AvgIpc) is 2.94. The van der Waals surface area contributed by atoms with Gasteiger partial charge < -0.3 is 5.32 Å². The highest BCUT2D eigenvalue weighted by atomic mass is 14.9. The highest BCUT2D eigenvalue weighted by Crippen LogP contribution is 2.27. The van der Waals surface area contributed by atoms with E-state index >= 15 is 0 Å². The minimum Gasteiger partial charge on any atom is -0.379 e. The largest absolute Gasteiger partial charge is 0.379 e. The van der Waals surface area contributed by atoms with Crippen LogP contribution in [0.4, 0.5) is 5.69 Å². The van der Waals surface area contributed by atoms with Crippen molar-refractivity contribution in [3.63, 3.8) is 0 Å². The Morgan fingerprint density at radius 2 is 1.67 bits per heavy atom. The molecule has 1 atom stereocenters. The maximum absolute atomic E-state index is 3.64. The molecule has 0 aliphatic heterocycles. The Morgan fingerprint density at radius 1 is 0.857 bits per heavy atom. The van der Waals surface area contributed by atoms with Gasteiger partial charge in [0.25, 0.3) is 0 Å². The Balaban J connectivity index is 1.77. The molecule has 1 N–H and O–H groups in total. The van der Waals surface area contributed by atoms with Gasteiger partial charge in [0.05, 0.1) is 0 Å². The van der Waals surface area contributed by atoms with Crippen molar-refractivity contribution in [3.8, 4) is 0 Å². The van der Waals surface area contributed by atoms with Crippen molar-refractivity contribution >= 4 is 5.69 Å². The third-order valence-electron chi connectivity index (χ3n) is 4.56. The molecule has 0 amide bonds. The summed E-state index contributed by atoms with van der Waals surface area (Å²) in [6, 6.07) is 16.1. The van der Waals surface area contributed by atoms with Crippen molar-refractivity contribution in [2.24, 2.45) is 0 Å². The minimum absolute atomic E-state index is 0.346. The molecule has 2 aromatic carbocycles. The smallest absolute Gasteiger partial charge is 0.0485 e. The molecule has 3 rings (SSSR count). The number of hydrogen-bond donors (Lipinski definition) is 1. The van der Waals surface area contributed by atoms with Gasteiger partial charge in [-0.1, -0.05) is 44.2 Å². The zero-order valence-corrected chi connectivity index (χ0v) is 13.3. The summed E-state index contributed by atoms with van der Waals surface area (Å²) in [5.74, 6) is 0.571. The highest BCUT2D eigenvalue weighted by molar-refractivity contribution is 5.49. The number of fused-ring (bicyclic) bond motifs is 1. The normalized spacial score (nSPS) is 15.0. The van der Waals surface area contributed by atoms with Gasteiger partial charge in [0, 0.05) is 11.7 Å². The van der Waals surface area contributed by atoms with Gasteiger partial charge in [-0.05, 0) is 66.5 Å². The topological polar surface area (TPSA) is 12.0 Å². The third kappa shape index (κ3) is 3.12. The molecule has 1 aliphatic rings. The van der Waals surface area contributed by atoms with E-state index in [1.54, 1.807) is 11.1 Å². The van der Waals surface area contributed by atoms with E-state index < -0.39 is 0 Å². The quantitative estimate of drug-likeness (QED) is 0.782. The molecule has 1 aliphatic carbocycles. The molecule has 0 fully saturated rings. The van der Waals surface area contributed by atoms with Gasteiger partial charge in [0.2, 0.25) is 0 Å². The number of anilines is 1. The van der Waals surface area contributed by atoms with Gasteiger partial charge in [-0.15, -0.1) is 0 Å². The van der Waals surface area contributed by atoms with Crippen LogP contribution in [0.25, 0.3) is 0 Å². The Morgan fingerprint density at radius 3 is 2.48 bits per heavy atom. The summed E-state index contributed by atoms with van der Waals surface area (Å²) in [7, 11) is 0. The van der Waals surface area contributed by atoms with E-state index in [1.807, 2.05) is 0 Å². The van der Waals surface area contributed by atoms with Crippen LogP contribution < -0.4 is 5.32 Å². The van der Waals surface area contributed by atoms with E-state index in [2.05, 4.69) is 68.6 Å². The van der Waals surface area contributed by atoms with Crippen LogP contribution in [0.5, 0.6) is 0 Å². The van der Waals surface area contributed by atoms with Crippen molar-refractivity contribution in [1.82, 2.24) is 0 Å². The second-order valence-electron chi connectivity index (χ2n) is 6.53. The molecule has 110 valence electrons.